The van der Waals surface area contributed by atoms with Crippen molar-refractivity contribution in [1.82, 2.24) is 10.1 Å². The fourth-order valence-corrected chi connectivity index (χ4v) is 4.96. The summed E-state index contributed by atoms with van der Waals surface area (Å²) in [6.07, 6.45) is 2.94. The second kappa shape index (κ2) is 7.92. The molecule has 2 amide bonds. The molecule has 142 valence electrons. The molecule has 1 atom stereocenters. The Morgan fingerprint density at radius 1 is 1.37 bits per heavy atom. The van der Waals surface area contributed by atoms with E-state index in [1.807, 2.05) is 13.8 Å². The summed E-state index contributed by atoms with van der Waals surface area (Å²) in [5.41, 5.74) is 0.510. The summed E-state index contributed by atoms with van der Waals surface area (Å²) in [5, 5.41) is 15.4. The van der Waals surface area contributed by atoms with Crippen LogP contribution in [0.15, 0.2) is 46.0 Å². The number of hydrogen-bond acceptors (Lipinski definition) is 5. The summed E-state index contributed by atoms with van der Waals surface area (Å²) >= 11 is 0. The molecule has 0 aliphatic carbocycles. The maximum absolute atomic E-state index is 13.2. The smallest absolute Gasteiger partial charge is 0.323 e. The molecule has 2 heterocycles. The van der Waals surface area contributed by atoms with Gasteiger partial charge < -0.3 is 9.42 Å². The highest BCUT2D eigenvalue weighted by atomic mass is 32.2. The molecule has 1 N–H and O–H groups in total. The van der Waals surface area contributed by atoms with Crippen LogP contribution in [-0.2, 0) is 10.8 Å². The largest absolute Gasteiger partial charge is 0.363 e. The number of carbonyl (C=O) groups excluding carboxylic acids is 1. The Kier molecular flexibility index (Phi) is 5.61. The SMILES string of the molecule is CC(C)(C1CCN(C(=O)Nc2ccon2)CC1)S(=O)c1cccc(C#N)c1. The van der Waals surface area contributed by atoms with Gasteiger partial charge in [-0.05, 0) is 50.8 Å². The van der Waals surface area contributed by atoms with E-state index in [-0.39, 0.29) is 11.9 Å². The van der Waals surface area contributed by atoms with Crippen LogP contribution in [0.4, 0.5) is 10.6 Å². The molecule has 27 heavy (non-hydrogen) atoms. The van der Waals surface area contributed by atoms with E-state index in [9.17, 15) is 9.00 Å². The second-order valence-electron chi connectivity index (χ2n) is 7.09. The highest BCUT2D eigenvalue weighted by molar-refractivity contribution is 7.86. The molecule has 1 saturated heterocycles. The number of anilines is 1. The zero-order valence-electron chi connectivity index (χ0n) is 15.3. The van der Waals surface area contributed by atoms with Crippen LogP contribution in [0.1, 0.15) is 32.3 Å². The van der Waals surface area contributed by atoms with Crippen molar-refractivity contribution in [3.8, 4) is 6.07 Å². The van der Waals surface area contributed by atoms with E-state index >= 15 is 0 Å². The third-order valence-corrected chi connectivity index (χ3v) is 7.06. The van der Waals surface area contributed by atoms with Crippen molar-refractivity contribution in [3.63, 3.8) is 0 Å². The molecule has 3 rings (SSSR count). The minimum absolute atomic E-state index is 0.206. The Balaban J connectivity index is 1.62. The molecule has 7 nitrogen and oxygen atoms in total. The molecule has 2 aromatic rings. The molecular formula is C19H22N4O3S. The molecule has 1 unspecified atom stereocenters. The number of carbonyl (C=O) groups is 1. The summed E-state index contributed by atoms with van der Waals surface area (Å²) in [6.45, 7) is 5.18. The van der Waals surface area contributed by atoms with Gasteiger partial charge in [0.25, 0.3) is 0 Å². The maximum Gasteiger partial charge on any atom is 0.323 e. The van der Waals surface area contributed by atoms with Crippen molar-refractivity contribution in [3.05, 3.63) is 42.2 Å². The molecule has 1 aromatic carbocycles. The number of nitriles is 1. The van der Waals surface area contributed by atoms with E-state index < -0.39 is 15.5 Å². The first-order valence-corrected chi connectivity index (χ1v) is 9.95. The minimum atomic E-state index is -1.24. The van der Waals surface area contributed by atoms with Crippen molar-refractivity contribution < 1.29 is 13.5 Å². The van der Waals surface area contributed by atoms with Crippen LogP contribution in [-0.4, -0.2) is 38.1 Å². The molecule has 1 aliphatic heterocycles. The zero-order valence-corrected chi connectivity index (χ0v) is 16.2. The van der Waals surface area contributed by atoms with E-state index in [1.54, 1.807) is 35.2 Å². The average Bonchev–Trinajstić information content (AvgIpc) is 3.20. The van der Waals surface area contributed by atoms with Crippen molar-refractivity contribution in [2.45, 2.75) is 36.3 Å². The second-order valence-corrected chi connectivity index (χ2v) is 9.15. The Bertz CT molecular complexity index is 865. The fraction of sp³-hybridized carbons (Fsp3) is 0.421. The number of aromatic nitrogens is 1. The molecular weight excluding hydrogens is 364 g/mol. The first-order chi connectivity index (χ1) is 12.9. The maximum atomic E-state index is 13.2. The van der Waals surface area contributed by atoms with Gasteiger partial charge in [-0.1, -0.05) is 11.2 Å². The highest BCUT2D eigenvalue weighted by Gasteiger charge is 2.39. The predicted molar refractivity (Wildman–Crippen MR) is 101 cm³/mol. The first-order valence-electron chi connectivity index (χ1n) is 8.80. The summed E-state index contributed by atoms with van der Waals surface area (Å²) in [5.74, 6) is 0.598. The van der Waals surface area contributed by atoms with Crippen molar-refractivity contribution >= 4 is 22.6 Å². The molecule has 0 spiro atoms. The van der Waals surface area contributed by atoms with Gasteiger partial charge in [0.2, 0.25) is 0 Å². The quantitative estimate of drug-likeness (QED) is 0.868. The molecule has 0 saturated carbocycles. The number of amides is 2. The zero-order chi connectivity index (χ0) is 19.4. The van der Waals surface area contributed by atoms with Crippen LogP contribution in [0.25, 0.3) is 0 Å². The van der Waals surface area contributed by atoms with E-state index in [0.717, 1.165) is 12.8 Å². The van der Waals surface area contributed by atoms with Crippen molar-refractivity contribution in [1.29, 1.82) is 5.26 Å². The topological polar surface area (TPSA) is 99.2 Å². The van der Waals surface area contributed by atoms with Crippen LogP contribution in [0.5, 0.6) is 0 Å². The van der Waals surface area contributed by atoms with E-state index in [2.05, 4.69) is 16.5 Å². The van der Waals surface area contributed by atoms with Gasteiger partial charge in [0.1, 0.15) is 6.26 Å². The molecule has 8 heteroatoms. The first kappa shape index (κ1) is 19.1. The van der Waals surface area contributed by atoms with Gasteiger partial charge in [0.15, 0.2) is 5.82 Å². The van der Waals surface area contributed by atoms with Crippen LogP contribution in [0, 0.1) is 17.2 Å². The molecule has 1 fully saturated rings. The Labute approximate surface area is 160 Å². The lowest BCUT2D eigenvalue weighted by molar-refractivity contribution is 0.172. The summed E-state index contributed by atoms with van der Waals surface area (Å²) in [7, 11) is -1.24. The van der Waals surface area contributed by atoms with Gasteiger partial charge in [0.05, 0.1) is 22.4 Å². The van der Waals surface area contributed by atoms with Gasteiger partial charge in [-0.25, -0.2) is 4.79 Å². The van der Waals surface area contributed by atoms with Crippen LogP contribution in [0.3, 0.4) is 0 Å². The normalized spacial score (nSPS) is 16.6. The summed E-state index contributed by atoms with van der Waals surface area (Å²) in [4.78, 5) is 14.7. The minimum Gasteiger partial charge on any atom is -0.363 e. The number of hydrogen-bond donors (Lipinski definition) is 1. The third-order valence-electron chi connectivity index (χ3n) is 5.09. The Morgan fingerprint density at radius 2 is 2.11 bits per heavy atom. The number of nitrogens with one attached hydrogen (secondary N) is 1. The number of piperidine rings is 1. The lowest BCUT2D eigenvalue weighted by Gasteiger charge is -2.39. The lowest BCUT2D eigenvalue weighted by atomic mass is 9.86. The predicted octanol–water partition coefficient (Wildman–Crippen LogP) is 3.38. The monoisotopic (exact) mass is 386 g/mol. The third kappa shape index (κ3) is 4.19. The van der Waals surface area contributed by atoms with Gasteiger partial charge >= 0.3 is 6.03 Å². The Hall–Kier alpha value is -2.66. The van der Waals surface area contributed by atoms with Gasteiger partial charge in [-0.3, -0.25) is 9.53 Å². The number of rotatable bonds is 4. The molecule has 1 aromatic heterocycles. The van der Waals surface area contributed by atoms with Crippen LogP contribution >= 0.6 is 0 Å². The van der Waals surface area contributed by atoms with Crippen molar-refractivity contribution in [2.24, 2.45) is 5.92 Å². The van der Waals surface area contributed by atoms with Crippen LogP contribution < -0.4 is 5.32 Å². The van der Waals surface area contributed by atoms with E-state index in [0.29, 0.717) is 29.4 Å². The summed E-state index contributed by atoms with van der Waals surface area (Å²) < 4.78 is 17.4. The number of likely N-dealkylation sites (tertiary alicyclic amines) is 1. The standard InChI is InChI=1S/C19H22N4O3S/c1-19(2,27(25)16-5-3-4-14(12-16)13-20)15-6-9-23(10-7-15)18(24)21-17-8-11-26-22-17/h3-5,8,11-12,15H,6-7,9-10H2,1-2H3,(H,21,22,24). The molecule has 0 radical (unpaired) electrons. The Morgan fingerprint density at radius 3 is 2.74 bits per heavy atom. The fourth-order valence-electron chi connectivity index (χ4n) is 3.38. The van der Waals surface area contributed by atoms with Crippen LogP contribution in [0.2, 0.25) is 0 Å². The summed E-state index contributed by atoms with van der Waals surface area (Å²) in [6, 6.07) is 10.4. The van der Waals surface area contributed by atoms with Crippen molar-refractivity contribution in [2.75, 3.05) is 18.4 Å². The average molecular weight is 386 g/mol. The number of urea groups is 1. The van der Waals surface area contributed by atoms with Gasteiger partial charge in [-0.15, -0.1) is 0 Å². The van der Waals surface area contributed by atoms with E-state index in [4.69, 9.17) is 9.78 Å². The number of benzene rings is 1. The molecule has 1 aliphatic rings. The van der Waals surface area contributed by atoms with Gasteiger partial charge in [0, 0.05) is 28.8 Å². The van der Waals surface area contributed by atoms with Gasteiger partial charge in [-0.2, -0.15) is 5.26 Å². The molecule has 0 bridgehead atoms. The van der Waals surface area contributed by atoms with E-state index in [1.165, 1.54) is 6.26 Å². The lowest BCUT2D eigenvalue weighted by Crippen LogP contribution is -2.47. The highest BCUT2D eigenvalue weighted by Crippen LogP contribution is 2.35. The number of nitrogens with zero attached hydrogens (tertiary/aromatic N) is 3.